The van der Waals surface area contributed by atoms with E-state index in [1.54, 1.807) is 18.7 Å². The molecule has 7 heteroatoms. The van der Waals surface area contributed by atoms with Crippen LogP contribution in [0.25, 0.3) is 0 Å². The molecule has 23 heavy (non-hydrogen) atoms. The van der Waals surface area contributed by atoms with Gasteiger partial charge in [-0.25, -0.2) is 4.79 Å². The van der Waals surface area contributed by atoms with Gasteiger partial charge in [0.2, 0.25) is 0 Å². The van der Waals surface area contributed by atoms with Crippen LogP contribution in [0.3, 0.4) is 0 Å². The third-order valence-electron chi connectivity index (χ3n) is 3.81. The number of carbonyl (C=O) groups is 2. The third-order valence-corrected chi connectivity index (χ3v) is 3.81. The van der Waals surface area contributed by atoms with Crippen molar-refractivity contribution < 1.29 is 23.8 Å². The maximum Gasteiger partial charge on any atom is 0.407 e. The molecular formula is C16H28N2O5. The molecule has 0 aromatic heterocycles. The Hall–Kier alpha value is -1.34. The van der Waals surface area contributed by atoms with Crippen LogP contribution in [0.4, 0.5) is 4.79 Å². The van der Waals surface area contributed by atoms with Gasteiger partial charge in [0.1, 0.15) is 5.60 Å². The van der Waals surface area contributed by atoms with Crippen LogP contribution in [0.2, 0.25) is 0 Å². The molecule has 132 valence electrons. The van der Waals surface area contributed by atoms with Crippen molar-refractivity contribution in [2.45, 2.75) is 71.0 Å². The first-order chi connectivity index (χ1) is 10.6. The minimum Gasteiger partial charge on any atom is -0.444 e. The Morgan fingerprint density at radius 3 is 2.30 bits per heavy atom. The van der Waals surface area contributed by atoms with E-state index in [0.717, 1.165) is 0 Å². The van der Waals surface area contributed by atoms with E-state index in [4.69, 9.17) is 14.2 Å². The lowest BCUT2D eigenvalue weighted by atomic mass is 10.0. The van der Waals surface area contributed by atoms with Gasteiger partial charge in [0.05, 0.1) is 6.61 Å². The van der Waals surface area contributed by atoms with Gasteiger partial charge in [0.15, 0.2) is 11.9 Å². The fourth-order valence-electron chi connectivity index (χ4n) is 2.73. The molecule has 2 rings (SSSR count). The first-order valence-corrected chi connectivity index (χ1v) is 8.16. The molecule has 2 fully saturated rings. The number of alkyl carbamates (subject to hydrolysis) is 1. The minimum absolute atomic E-state index is 0.0334. The molecule has 2 heterocycles. The minimum atomic E-state index is -0.698. The summed E-state index contributed by atoms with van der Waals surface area (Å²) >= 11 is 0. The van der Waals surface area contributed by atoms with E-state index in [1.165, 1.54) is 0 Å². The Morgan fingerprint density at radius 2 is 1.83 bits per heavy atom. The predicted octanol–water partition coefficient (Wildman–Crippen LogP) is 1.65. The summed E-state index contributed by atoms with van der Waals surface area (Å²) in [6.45, 7) is 10.6. The van der Waals surface area contributed by atoms with E-state index in [0.29, 0.717) is 32.5 Å². The zero-order valence-corrected chi connectivity index (χ0v) is 14.7. The van der Waals surface area contributed by atoms with Crippen molar-refractivity contribution in [3.8, 4) is 0 Å². The second kappa shape index (κ2) is 6.65. The predicted molar refractivity (Wildman–Crippen MR) is 83.9 cm³/mol. The summed E-state index contributed by atoms with van der Waals surface area (Å²) in [6, 6.07) is 0.0334. The number of rotatable bonds is 2. The van der Waals surface area contributed by atoms with E-state index >= 15 is 0 Å². The van der Waals surface area contributed by atoms with Crippen LogP contribution in [-0.2, 0) is 19.0 Å². The molecule has 2 saturated heterocycles. The van der Waals surface area contributed by atoms with Crippen molar-refractivity contribution in [2.75, 3.05) is 19.7 Å². The normalized spacial score (nSPS) is 25.3. The van der Waals surface area contributed by atoms with Gasteiger partial charge in [-0.1, -0.05) is 0 Å². The second-order valence-electron chi connectivity index (χ2n) is 7.56. The molecule has 0 saturated carbocycles. The molecule has 2 aliphatic rings. The number of nitrogens with zero attached hydrogens (tertiary/aromatic N) is 1. The lowest BCUT2D eigenvalue weighted by molar-refractivity contribution is -0.160. The number of carbonyl (C=O) groups excluding carboxylic acids is 2. The molecule has 0 aromatic carbocycles. The molecule has 1 atom stereocenters. The number of piperidine rings is 1. The van der Waals surface area contributed by atoms with Crippen molar-refractivity contribution in [1.29, 1.82) is 0 Å². The summed E-state index contributed by atoms with van der Waals surface area (Å²) in [5.41, 5.74) is -0.507. The second-order valence-corrected chi connectivity index (χ2v) is 7.56. The van der Waals surface area contributed by atoms with E-state index in [1.807, 2.05) is 20.8 Å². The zero-order chi connectivity index (χ0) is 17.3. The average Bonchev–Trinajstić information content (AvgIpc) is 2.77. The summed E-state index contributed by atoms with van der Waals surface area (Å²) < 4.78 is 16.3. The summed E-state index contributed by atoms with van der Waals surface area (Å²) in [5.74, 6) is -0.733. The summed E-state index contributed by atoms with van der Waals surface area (Å²) in [6.07, 6.45) is 0.487. The Bertz CT molecular complexity index is 450. The van der Waals surface area contributed by atoms with E-state index < -0.39 is 23.6 Å². The monoisotopic (exact) mass is 328 g/mol. The quantitative estimate of drug-likeness (QED) is 0.834. The lowest BCUT2D eigenvalue weighted by Gasteiger charge is -2.34. The van der Waals surface area contributed by atoms with Gasteiger partial charge in [-0.3, -0.25) is 4.79 Å². The molecule has 0 aliphatic carbocycles. The van der Waals surface area contributed by atoms with Crippen molar-refractivity contribution in [2.24, 2.45) is 0 Å². The smallest absolute Gasteiger partial charge is 0.407 e. The van der Waals surface area contributed by atoms with Crippen LogP contribution in [0.15, 0.2) is 0 Å². The van der Waals surface area contributed by atoms with Gasteiger partial charge >= 0.3 is 6.09 Å². The fourth-order valence-corrected chi connectivity index (χ4v) is 2.73. The number of nitrogens with one attached hydrogen (secondary N) is 1. The van der Waals surface area contributed by atoms with Crippen LogP contribution in [-0.4, -0.2) is 60.1 Å². The first kappa shape index (κ1) is 18.0. The topological polar surface area (TPSA) is 77.1 Å². The molecule has 0 unspecified atom stereocenters. The summed E-state index contributed by atoms with van der Waals surface area (Å²) in [5, 5.41) is 2.86. The highest BCUT2D eigenvalue weighted by Gasteiger charge is 2.39. The molecule has 0 bridgehead atoms. The van der Waals surface area contributed by atoms with Gasteiger partial charge in [-0.05, 0) is 47.5 Å². The molecule has 1 N–H and O–H groups in total. The van der Waals surface area contributed by atoms with Crippen LogP contribution < -0.4 is 5.32 Å². The largest absolute Gasteiger partial charge is 0.444 e. The van der Waals surface area contributed by atoms with Gasteiger partial charge in [-0.2, -0.15) is 0 Å². The molecule has 2 aliphatic heterocycles. The molecule has 0 radical (unpaired) electrons. The highest BCUT2D eigenvalue weighted by Crippen LogP contribution is 2.24. The van der Waals surface area contributed by atoms with Gasteiger partial charge in [-0.15, -0.1) is 0 Å². The number of likely N-dealkylation sites (tertiary alicyclic amines) is 1. The number of hydrogen-bond donors (Lipinski definition) is 1. The summed E-state index contributed by atoms with van der Waals surface area (Å²) in [7, 11) is 0. The van der Waals surface area contributed by atoms with Crippen LogP contribution in [0.1, 0.15) is 47.5 Å². The molecular weight excluding hydrogens is 300 g/mol. The molecule has 0 spiro atoms. The number of amides is 2. The van der Waals surface area contributed by atoms with Crippen molar-refractivity contribution in [3.63, 3.8) is 0 Å². The number of ether oxygens (including phenoxy) is 3. The fraction of sp³-hybridized carbons (Fsp3) is 0.875. The zero-order valence-electron chi connectivity index (χ0n) is 14.7. The maximum atomic E-state index is 12.4. The Labute approximate surface area is 137 Å². The SMILES string of the molecule is CC(C)(C)OC(=O)NC1CCN(C(=O)[C@@H]2COC(C)(C)O2)CC1. The van der Waals surface area contributed by atoms with Gasteiger partial charge in [0.25, 0.3) is 5.91 Å². The Kier molecular flexibility index (Phi) is 5.20. The van der Waals surface area contributed by atoms with Crippen LogP contribution in [0.5, 0.6) is 0 Å². The maximum absolute atomic E-state index is 12.4. The Balaban J connectivity index is 1.76. The third kappa shape index (κ3) is 5.35. The first-order valence-electron chi connectivity index (χ1n) is 8.16. The standard InChI is InChI=1S/C16H28N2O5/c1-15(2,3)23-14(20)17-11-6-8-18(9-7-11)13(19)12-10-21-16(4,5)22-12/h11-12H,6-10H2,1-5H3,(H,17,20)/t12-/m0/s1. The van der Waals surface area contributed by atoms with E-state index in [2.05, 4.69) is 5.32 Å². The summed E-state index contributed by atoms with van der Waals surface area (Å²) in [4.78, 5) is 26.0. The van der Waals surface area contributed by atoms with E-state index in [-0.39, 0.29) is 11.9 Å². The molecule has 7 nitrogen and oxygen atoms in total. The molecule has 0 aromatic rings. The van der Waals surface area contributed by atoms with E-state index in [9.17, 15) is 9.59 Å². The number of hydrogen-bond acceptors (Lipinski definition) is 5. The van der Waals surface area contributed by atoms with Crippen LogP contribution in [0, 0.1) is 0 Å². The van der Waals surface area contributed by atoms with Crippen molar-refractivity contribution >= 4 is 12.0 Å². The highest BCUT2D eigenvalue weighted by molar-refractivity contribution is 5.81. The van der Waals surface area contributed by atoms with Gasteiger partial charge < -0.3 is 24.4 Å². The molecule has 2 amide bonds. The lowest BCUT2D eigenvalue weighted by Crippen LogP contribution is -2.50. The average molecular weight is 328 g/mol. The Morgan fingerprint density at radius 1 is 1.22 bits per heavy atom. The highest BCUT2D eigenvalue weighted by atomic mass is 16.7. The van der Waals surface area contributed by atoms with Crippen molar-refractivity contribution in [3.05, 3.63) is 0 Å². The van der Waals surface area contributed by atoms with Crippen LogP contribution >= 0.6 is 0 Å². The van der Waals surface area contributed by atoms with Gasteiger partial charge in [0, 0.05) is 19.1 Å². The van der Waals surface area contributed by atoms with Crippen molar-refractivity contribution in [1.82, 2.24) is 10.2 Å².